The van der Waals surface area contributed by atoms with Gasteiger partial charge in [-0.3, -0.25) is 4.79 Å². The Kier molecular flexibility index (Phi) is 5.54. The molecular weight excluding hydrogens is 323 g/mol. The van der Waals surface area contributed by atoms with E-state index in [1.165, 1.54) is 6.07 Å². The number of amides is 1. The molecule has 1 N–H and O–H groups in total. The highest BCUT2D eigenvalue weighted by Crippen LogP contribution is 2.24. The Morgan fingerprint density at radius 2 is 2.15 bits per heavy atom. The lowest BCUT2D eigenvalue weighted by Crippen LogP contribution is -2.46. The standard InChI is InChI=1S/C15H20BrFN2O/c1-2-10-19(11-6-8-18-9-7-11)15(20)14-12(16)4-3-5-13(14)17/h3-5,11,18H,2,6-10H2,1H3. The summed E-state index contributed by atoms with van der Waals surface area (Å²) in [5.41, 5.74) is 0.152. The second kappa shape index (κ2) is 7.18. The van der Waals surface area contributed by atoms with Crippen LogP contribution in [0, 0.1) is 5.82 Å². The summed E-state index contributed by atoms with van der Waals surface area (Å²) >= 11 is 3.29. The van der Waals surface area contributed by atoms with Crippen molar-refractivity contribution in [2.45, 2.75) is 32.2 Å². The summed E-state index contributed by atoms with van der Waals surface area (Å²) in [6.45, 7) is 4.54. The first kappa shape index (κ1) is 15.4. The molecule has 0 spiro atoms. The lowest BCUT2D eigenvalue weighted by Gasteiger charge is -2.35. The topological polar surface area (TPSA) is 32.3 Å². The first-order valence-electron chi connectivity index (χ1n) is 7.10. The summed E-state index contributed by atoms with van der Waals surface area (Å²) in [7, 11) is 0. The van der Waals surface area contributed by atoms with Gasteiger partial charge in [0.25, 0.3) is 5.91 Å². The maximum atomic E-state index is 14.0. The molecule has 5 heteroatoms. The van der Waals surface area contributed by atoms with Gasteiger partial charge in [-0.15, -0.1) is 0 Å². The van der Waals surface area contributed by atoms with E-state index in [2.05, 4.69) is 21.2 Å². The van der Waals surface area contributed by atoms with Gasteiger partial charge in [-0.25, -0.2) is 4.39 Å². The van der Waals surface area contributed by atoms with Crippen molar-refractivity contribution in [3.05, 3.63) is 34.1 Å². The molecule has 0 saturated carbocycles. The SMILES string of the molecule is CCCN(C(=O)c1c(F)cccc1Br)C1CCNCC1. The molecule has 0 bridgehead atoms. The largest absolute Gasteiger partial charge is 0.335 e. The molecule has 3 nitrogen and oxygen atoms in total. The number of nitrogens with zero attached hydrogens (tertiary/aromatic N) is 1. The first-order chi connectivity index (χ1) is 9.65. The molecule has 1 aliphatic heterocycles. The maximum absolute atomic E-state index is 14.0. The van der Waals surface area contributed by atoms with E-state index in [4.69, 9.17) is 0 Å². The third-order valence-electron chi connectivity index (χ3n) is 3.65. The minimum Gasteiger partial charge on any atom is -0.335 e. The number of hydrogen-bond donors (Lipinski definition) is 1. The van der Waals surface area contributed by atoms with Crippen LogP contribution in [0.4, 0.5) is 4.39 Å². The molecule has 1 aliphatic rings. The Hall–Kier alpha value is -0.940. The normalized spacial score (nSPS) is 16.1. The molecule has 1 fully saturated rings. The highest BCUT2D eigenvalue weighted by molar-refractivity contribution is 9.10. The van der Waals surface area contributed by atoms with Crippen molar-refractivity contribution < 1.29 is 9.18 Å². The Balaban J connectivity index is 2.26. The number of benzene rings is 1. The second-order valence-electron chi connectivity index (χ2n) is 5.08. The minimum atomic E-state index is -0.459. The van der Waals surface area contributed by atoms with Gasteiger partial charge >= 0.3 is 0 Å². The molecule has 110 valence electrons. The van der Waals surface area contributed by atoms with Crippen molar-refractivity contribution in [2.24, 2.45) is 0 Å². The van der Waals surface area contributed by atoms with E-state index in [0.717, 1.165) is 32.4 Å². The summed E-state index contributed by atoms with van der Waals surface area (Å²) in [6.07, 6.45) is 2.73. The van der Waals surface area contributed by atoms with E-state index in [1.807, 2.05) is 11.8 Å². The average molecular weight is 343 g/mol. The van der Waals surface area contributed by atoms with Crippen LogP contribution in [0.25, 0.3) is 0 Å². The van der Waals surface area contributed by atoms with E-state index in [1.54, 1.807) is 12.1 Å². The summed E-state index contributed by atoms with van der Waals surface area (Å²) < 4.78 is 14.5. The third kappa shape index (κ3) is 3.38. The van der Waals surface area contributed by atoms with Crippen molar-refractivity contribution in [1.29, 1.82) is 0 Å². The molecule has 0 atom stereocenters. The third-order valence-corrected chi connectivity index (χ3v) is 4.31. The van der Waals surface area contributed by atoms with E-state index in [-0.39, 0.29) is 17.5 Å². The quantitative estimate of drug-likeness (QED) is 0.911. The molecular formula is C15H20BrFN2O. The van der Waals surface area contributed by atoms with Crippen LogP contribution in [0.1, 0.15) is 36.5 Å². The minimum absolute atomic E-state index is 0.152. The van der Waals surface area contributed by atoms with Gasteiger partial charge in [0, 0.05) is 17.1 Å². The van der Waals surface area contributed by atoms with Crippen LogP contribution in [0.5, 0.6) is 0 Å². The van der Waals surface area contributed by atoms with Crippen molar-refractivity contribution >= 4 is 21.8 Å². The Labute approximate surface area is 127 Å². The van der Waals surface area contributed by atoms with Gasteiger partial charge in [0.1, 0.15) is 5.82 Å². The Morgan fingerprint density at radius 3 is 2.75 bits per heavy atom. The van der Waals surface area contributed by atoms with Crippen molar-refractivity contribution in [3.8, 4) is 0 Å². The van der Waals surface area contributed by atoms with Crippen LogP contribution < -0.4 is 5.32 Å². The lowest BCUT2D eigenvalue weighted by molar-refractivity contribution is 0.0637. The summed E-state index contributed by atoms with van der Waals surface area (Å²) in [6, 6.07) is 4.85. The Morgan fingerprint density at radius 1 is 1.45 bits per heavy atom. The number of nitrogens with one attached hydrogen (secondary N) is 1. The number of carbonyl (C=O) groups is 1. The molecule has 1 aromatic rings. The molecule has 2 rings (SSSR count). The highest BCUT2D eigenvalue weighted by atomic mass is 79.9. The summed E-state index contributed by atoms with van der Waals surface area (Å²) in [4.78, 5) is 14.5. The zero-order chi connectivity index (χ0) is 14.5. The van der Waals surface area contributed by atoms with Crippen LogP contribution in [-0.4, -0.2) is 36.5 Å². The fraction of sp³-hybridized carbons (Fsp3) is 0.533. The number of carbonyl (C=O) groups excluding carboxylic acids is 1. The number of halogens is 2. The van der Waals surface area contributed by atoms with Gasteiger partial charge in [-0.1, -0.05) is 13.0 Å². The summed E-state index contributed by atoms with van der Waals surface area (Å²) in [5, 5.41) is 3.29. The van der Waals surface area contributed by atoms with Gasteiger partial charge in [0.15, 0.2) is 0 Å². The van der Waals surface area contributed by atoms with Crippen molar-refractivity contribution in [1.82, 2.24) is 10.2 Å². The van der Waals surface area contributed by atoms with E-state index >= 15 is 0 Å². The Bertz CT molecular complexity index is 455. The van der Waals surface area contributed by atoms with Crippen molar-refractivity contribution in [2.75, 3.05) is 19.6 Å². The van der Waals surface area contributed by atoms with Gasteiger partial charge in [-0.05, 0) is 60.4 Å². The van der Waals surface area contributed by atoms with Gasteiger partial charge in [-0.2, -0.15) is 0 Å². The molecule has 0 aromatic heterocycles. The smallest absolute Gasteiger partial charge is 0.258 e. The molecule has 1 saturated heterocycles. The monoisotopic (exact) mass is 342 g/mol. The van der Waals surface area contributed by atoms with Gasteiger partial charge in [0.2, 0.25) is 0 Å². The molecule has 20 heavy (non-hydrogen) atoms. The zero-order valence-electron chi connectivity index (χ0n) is 11.7. The summed E-state index contributed by atoms with van der Waals surface area (Å²) in [5.74, 6) is -0.664. The molecule has 0 unspecified atom stereocenters. The van der Waals surface area contributed by atoms with Gasteiger partial charge in [0.05, 0.1) is 5.56 Å². The molecule has 0 aliphatic carbocycles. The highest BCUT2D eigenvalue weighted by Gasteiger charge is 2.28. The van der Waals surface area contributed by atoms with E-state index in [0.29, 0.717) is 11.0 Å². The number of piperidine rings is 1. The average Bonchev–Trinajstić information content (AvgIpc) is 2.45. The van der Waals surface area contributed by atoms with E-state index < -0.39 is 5.82 Å². The van der Waals surface area contributed by atoms with Crippen molar-refractivity contribution in [3.63, 3.8) is 0 Å². The number of hydrogen-bond acceptors (Lipinski definition) is 2. The van der Waals surface area contributed by atoms with Gasteiger partial charge < -0.3 is 10.2 Å². The van der Waals surface area contributed by atoms with Crippen LogP contribution in [-0.2, 0) is 0 Å². The number of rotatable bonds is 4. The van der Waals surface area contributed by atoms with Crippen LogP contribution >= 0.6 is 15.9 Å². The van der Waals surface area contributed by atoms with Crippen LogP contribution in [0.15, 0.2) is 22.7 Å². The fourth-order valence-corrected chi connectivity index (χ4v) is 3.17. The lowest BCUT2D eigenvalue weighted by atomic mass is 10.0. The van der Waals surface area contributed by atoms with Crippen LogP contribution in [0.3, 0.4) is 0 Å². The predicted octanol–water partition coefficient (Wildman–Crippen LogP) is 3.19. The molecule has 1 aromatic carbocycles. The first-order valence-corrected chi connectivity index (χ1v) is 7.90. The molecule has 1 amide bonds. The molecule has 0 radical (unpaired) electrons. The molecule has 1 heterocycles. The zero-order valence-corrected chi connectivity index (χ0v) is 13.2. The van der Waals surface area contributed by atoms with E-state index in [9.17, 15) is 9.18 Å². The maximum Gasteiger partial charge on any atom is 0.258 e. The van der Waals surface area contributed by atoms with Crippen LogP contribution in [0.2, 0.25) is 0 Å². The predicted molar refractivity (Wildman–Crippen MR) is 81.3 cm³/mol. The fourth-order valence-electron chi connectivity index (χ4n) is 2.65. The second-order valence-corrected chi connectivity index (χ2v) is 5.93.